The normalized spacial score (nSPS) is 14.8. The molecule has 156 valence electrons. The van der Waals surface area contributed by atoms with Gasteiger partial charge in [-0.2, -0.15) is 4.37 Å². The first-order valence-corrected chi connectivity index (χ1v) is 10.5. The number of halogens is 1. The number of hydrogen-bond donors (Lipinski definition) is 2. The van der Waals surface area contributed by atoms with Crippen LogP contribution in [0.3, 0.4) is 0 Å². The summed E-state index contributed by atoms with van der Waals surface area (Å²) < 4.78 is 17.6. The molecule has 0 saturated carbocycles. The molecule has 29 heavy (non-hydrogen) atoms. The smallest absolute Gasteiger partial charge is 0.246 e. The molecule has 2 N–H and O–H groups in total. The van der Waals surface area contributed by atoms with Crippen molar-refractivity contribution >= 4 is 34.2 Å². The van der Waals surface area contributed by atoms with E-state index in [1.807, 2.05) is 13.8 Å². The number of nitrogens with zero attached hydrogens (tertiary/aromatic N) is 5. The van der Waals surface area contributed by atoms with Crippen molar-refractivity contribution in [2.75, 3.05) is 49.5 Å². The lowest BCUT2D eigenvalue weighted by molar-refractivity contribution is -0.114. The van der Waals surface area contributed by atoms with Crippen LogP contribution >= 0.6 is 11.5 Å². The van der Waals surface area contributed by atoms with Crippen molar-refractivity contribution in [1.82, 2.24) is 19.6 Å². The van der Waals surface area contributed by atoms with Crippen LogP contribution in [0, 0.1) is 5.82 Å². The van der Waals surface area contributed by atoms with Gasteiger partial charge in [0.25, 0.3) is 0 Å². The first-order valence-electron chi connectivity index (χ1n) is 9.75. The average Bonchev–Trinajstić information content (AvgIpc) is 3.21. The maximum atomic E-state index is 13.2. The van der Waals surface area contributed by atoms with Crippen LogP contribution in [-0.2, 0) is 11.2 Å². The minimum atomic E-state index is -0.390. The monoisotopic (exact) mass is 419 g/mol. The Labute approximate surface area is 174 Å². The highest BCUT2D eigenvalue weighted by Gasteiger charge is 2.22. The molecule has 1 aliphatic heterocycles. The van der Waals surface area contributed by atoms with Crippen LogP contribution in [0.1, 0.15) is 19.7 Å². The van der Waals surface area contributed by atoms with E-state index in [-0.39, 0.29) is 18.3 Å². The van der Waals surface area contributed by atoms with Crippen LogP contribution in [0.4, 0.5) is 15.2 Å². The summed E-state index contributed by atoms with van der Waals surface area (Å²) in [7, 11) is 0. The minimum absolute atomic E-state index is 0.0324. The van der Waals surface area contributed by atoms with Gasteiger partial charge in [0.15, 0.2) is 5.96 Å². The summed E-state index contributed by atoms with van der Waals surface area (Å²) in [5.41, 5.74) is 0.423. The zero-order valence-electron chi connectivity index (χ0n) is 16.7. The summed E-state index contributed by atoms with van der Waals surface area (Å²) >= 11 is 1.44. The van der Waals surface area contributed by atoms with Crippen LogP contribution < -0.4 is 15.5 Å². The van der Waals surface area contributed by atoms with Gasteiger partial charge in [0.05, 0.1) is 0 Å². The summed E-state index contributed by atoms with van der Waals surface area (Å²) in [5, 5.41) is 6.86. The predicted octanol–water partition coefficient (Wildman–Crippen LogP) is 1.97. The highest BCUT2D eigenvalue weighted by atomic mass is 32.1. The zero-order valence-corrected chi connectivity index (χ0v) is 17.5. The molecular formula is C19H26FN7OS. The van der Waals surface area contributed by atoms with Crippen molar-refractivity contribution in [3.63, 3.8) is 0 Å². The van der Waals surface area contributed by atoms with Gasteiger partial charge in [-0.1, -0.05) is 13.0 Å². The zero-order chi connectivity index (χ0) is 20.6. The number of aliphatic imine (C=N–C) groups is 1. The number of rotatable bonds is 6. The molecule has 0 spiro atoms. The van der Waals surface area contributed by atoms with Crippen molar-refractivity contribution in [3.8, 4) is 0 Å². The van der Waals surface area contributed by atoms with E-state index < -0.39 is 0 Å². The Bertz CT molecular complexity index is 849. The van der Waals surface area contributed by atoms with Crippen LogP contribution in [0.2, 0.25) is 0 Å². The summed E-state index contributed by atoms with van der Waals surface area (Å²) in [6.45, 7) is 7.91. The van der Waals surface area contributed by atoms with Crippen LogP contribution in [0.25, 0.3) is 0 Å². The largest absolute Gasteiger partial charge is 0.357 e. The molecule has 1 amide bonds. The van der Waals surface area contributed by atoms with Crippen molar-refractivity contribution in [1.29, 1.82) is 0 Å². The van der Waals surface area contributed by atoms with E-state index in [9.17, 15) is 9.18 Å². The Morgan fingerprint density at radius 2 is 2.07 bits per heavy atom. The lowest BCUT2D eigenvalue weighted by atomic mass is 10.3. The Morgan fingerprint density at radius 3 is 2.72 bits per heavy atom. The fourth-order valence-electron chi connectivity index (χ4n) is 2.97. The predicted molar refractivity (Wildman–Crippen MR) is 114 cm³/mol. The van der Waals surface area contributed by atoms with Crippen molar-refractivity contribution < 1.29 is 9.18 Å². The summed E-state index contributed by atoms with van der Waals surface area (Å²) in [5.74, 6) is 0.907. The number of carbonyl (C=O) groups excluding carboxylic acids is 1. The number of guanidine groups is 1. The molecule has 10 heteroatoms. The van der Waals surface area contributed by atoms with E-state index in [0.717, 1.165) is 43.6 Å². The molecule has 1 fully saturated rings. The van der Waals surface area contributed by atoms with E-state index in [1.54, 1.807) is 12.1 Å². The van der Waals surface area contributed by atoms with Gasteiger partial charge in [-0.05, 0) is 25.1 Å². The molecule has 2 heterocycles. The number of benzene rings is 1. The minimum Gasteiger partial charge on any atom is -0.357 e. The molecule has 0 bridgehead atoms. The second-order valence-electron chi connectivity index (χ2n) is 6.55. The average molecular weight is 420 g/mol. The van der Waals surface area contributed by atoms with Crippen LogP contribution in [-0.4, -0.2) is 65.4 Å². The molecule has 2 aromatic rings. The molecule has 0 radical (unpaired) electrons. The van der Waals surface area contributed by atoms with Gasteiger partial charge in [-0.15, -0.1) is 0 Å². The number of aromatic nitrogens is 2. The number of amides is 1. The maximum absolute atomic E-state index is 13.2. The van der Waals surface area contributed by atoms with E-state index in [2.05, 4.69) is 34.8 Å². The van der Waals surface area contributed by atoms with Gasteiger partial charge in [-0.3, -0.25) is 4.79 Å². The standard InChI is InChI=1S/C19H26FN7OS/c1-3-16-24-19(29-25-16)27-10-8-26(9-11-27)18(21-4-2)22-13-17(28)23-15-7-5-6-14(20)12-15/h5-7,12H,3-4,8-11,13H2,1-2H3,(H,21,22)(H,23,28). The van der Waals surface area contributed by atoms with E-state index in [4.69, 9.17) is 0 Å². The number of anilines is 2. The van der Waals surface area contributed by atoms with E-state index in [1.165, 1.54) is 23.7 Å². The van der Waals surface area contributed by atoms with Gasteiger partial charge in [0.2, 0.25) is 11.0 Å². The third-order valence-electron chi connectivity index (χ3n) is 4.44. The maximum Gasteiger partial charge on any atom is 0.246 e. The SMILES string of the molecule is CCNC(=NCC(=O)Nc1cccc(F)c1)N1CCN(c2nc(CC)ns2)CC1. The third-order valence-corrected chi connectivity index (χ3v) is 5.25. The summed E-state index contributed by atoms with van der Waals surface area (Å²) in [6, 6.07) is 5.82. The summed E-state index contributed by atoms with van der Waals surface area (Å²) in [4.78, 5) is 25.5. The van der Waals surface area contributed by atoms with Gasteiger partial charge < -0.3 is 20.4 Å². The second-order valence-corrected chi connectivity index (χ2v) is 7.28. The summed E-state index contributed by atoms with van der Waals surface area (Å²) in [6.07, 6.45) is 0.839. The molecule has 8 nitrogen and oxygen atoms in total. The molecule has 3 rings (SSSR count). The number of nitrogens with one attached hydrogen (secondary N) is 2. The topological polar surface area (TPSA) is 85.8 Å². The molecule has 0 aliphatic carbocycles. The van der Waals surface area contributed by atoms with E-state index >= 15 is 0 Å². The molecule has 0 atom stereocenters. The van der Waals surface area contributed by atoms with Gasteiger partial charge >= 0.3 is 0 Å². The molecule has 1 aromatic carbocycles. The molecule has 1 aliphatic rings. The van der Waals surface area contributed by atoms with Crippen molar-refractivity contribution in [3.05, 3.63) is 35.9 Å². The van der Waals surface area contributed by atoms with Crippen molar-refractivity contribution in [2.24, 2.45) is 4.99 Å². The van der Waals surface area contributed by atoms with Gasteiger partial charge in [0, 0.05) is 56.4 Å². The van der Waals surface area contributed by atoms with Gasteiger partial charge in [0.1, 0.15) is 18.2 Å². The highest BCUT2D eigenvalue weighted by Crippen LogP contribution is 2.19. The highest BCUT2D eigenvalue weighted by molar-refractivity contribution is 7.09. The lowest BCUT2D eigenvalue weighted by Crippen LogP contribution is -2.52. The number of aryl methyl sites for hydroxylation is 1. The number of piperazine rings is 1. The first kappa shape index (κ1) is 21.0. The second kappa shape index (κ2) is 10.1. The van der Waals surface area contributed by atoms with Gasteiger partial charge in [-0.25, -0.2) is 14.4 Å². The Hall–Kier alpha value is -2.75. The molecule has 1 saturated heterocycles. The fourth-order valence-corrected chi connectivity index (χ4v) is 3.77. The Kier molecular flexibility index (Phi) is 7.34. The Morgan fingerprint density at radius 1 is 1.28 bits per heavy atom. The Balaban J connectivity index is 1.55. The number of carbonyl (C=O) groups is 1. The first-order chi connectivity index (χ1) is 14.1. The fraction of sp³-hybridized carbons (Fsp3) is 0.474. The quantitative estimate of drug-likeness (QED) is 0.550. The molecule has 0 unspecified atom stereocenters. The number of hydrogen-bond acceptors (Lipinski definition) is 6. The van der Waals surface area contributed by atoms with Crippen molar-refractivity contribution in [2.45, 2.75) is 20.3 Å². The van der Waals surface area contributed by atoms with Crippen LogP contribution in [0.15, 0.2) is 29.3 Å². The van der Waals surface area contributed by atoms with E-state index in [0.29, 0.717) is 18.2 Å². The van der Waals surface area contributed by atoms with Crippen LogP contribution in [0.5, 0.6) is 0 Å². The third kappa shape index (κ3) is 5.86. The lowest BCUT2D eigenvalue weighted by Gasteiger charge is -2.36. The molecular weight excluding hydrogens is 393 g/mol. The molecule has 1 aromatic heterocycles.